The van der Waals surface area contributed by atoms with Gasteiger partial charge in [-0.25, -0.2) is 4.79 Å². The maximum atomic E-state index is 13.1. The molecule has 0 saturated carbocycles. The lowest BCUT2D eigenvalue weighted by atomic mass is 9.94. The van der Waals surface area contributed by atoms with Gasteiger partial charge in [0.2, 0.25) is 0 Å². The minimum atomic E-state index is -4.59. The number of nitrogens with one attached hydrogen (secondary N) is 1. The van der Waals surface area contributed by atoms with Crippen LogP contribution in [0.3, 0.4) is 0 Å². The highest BCUT2D eigenvalue weighted by molar-refractivity contribution is 7.84. The maximum Gasteiger partial charge on any atom is 0.416 e. The Bertz CT molecular complexity index is 1210. The fourth-order valence-corrected chi connectivity index (χ4v) is 4.15. The summed E-state index contributed by atoms with van der Waals surface area (Å²) in [5.41, 5.74) is -0.119. The van der Waals surface area contributed by atoms with Crippen molar-refractivity contribution in [2.24, 2.45) is 0 Å². The quantitative estimate of drug-likeness (QED) is 0.760. The van der Waals surface area contributed by atoms with Gasteiger partial charge >= 0.3 is 12.2 Å². The van der Waals surface area contributed by atoms with Gasteiger partial charge in [-0.05, 0) is 42.8 Å². The molecule has 2 amide bonds. The van der Waals surface area contributed by atoms with Crippen LogP contribution in [0.1, 0.15) is 29.7 Å². The van der Waals surface area contributed by atoms with Crippen LogP contribution in [0.5, 0.6) is 0 Å². The summed E-state index contributed by atoms with van der Waals surface area (Å²) in [6.07, 6.45) is -3.19. The van der Waals surface area contributed by atoms with Crippen molar-refractivity contribution in [2.45, 2.75) is 24.0 Å². The Hall–Kier alpha value is -3.63. The molecular weight excluding hydrogens is 429 g/mol. The molecule has 0 aliphatic carbocycles. The Morgan fingerprint density at radius 1 is 1.13 bits per heavy atom. The molecule has 0 bridgehead atoms. The third-order valence-electron chi connectivity index (χ3n) is 4.80. The summed E-state index contributed by atoms with van der Waals surface area (Å²) in [6, 6.07) is 10.9. The molecule has 3 rings (SSSR count). The fraction of sp³-hybridized carbons (Fsp3) is 0.190. The van der Waals surface area contributed by atoms with Crippen molar-refractivity contribution >= 4 is 22.5 Å². The normalized spacial score (nSPS) is 17.6. The molecule has 10 heteroatoms. The Morgan fingerprint density at radius 3 is 2.42 bits per heavy atom. The monoisotopic (exact) mass is 444 g/mol. The van der Waals surface area contributed by atoms with Crippen molar-refractivity contribution < 1.29 is 22.2 Å². The zero-order valence-corrected chi connectivity index (χ0v) is 17.1. The summed E-state index contributed by atoms with van der Waals surface area (Å²) in [5.74, 6) is 0. The Kier molecular flexibility index (Phi) is 5.87. The summed E-state index contributed by atoms with van der Waals surface area (Å²) in [4.78, 5) is 14.1. The number of carbonyl (C=O) groups is 1. The number of nitrogens with zero attached hydrogens (tertiary/aromatic N) is 3. The van der Waals surface area contributed by atoms with E-state index in [-0.39, 0.29) is 27.4 Å². The van der Waals surface area contributed by atoms with E-state index in [1.54, 1.807) is 0 Å². The number of alkyl halides is 3. The Morgan fingerprint density at radius 2 is 1.84 bits per heavy atom. The number of rotatable bonds is 3. The largest absolute Gasteiger partial charge is 0.416 e. The highest BCUT2D eigenvalue weighted by atomic mass is 32.2. The minimum absolute atomic E-state index is 0.0462. The van der Waals surface area contributed by atoms with Crippen LogP contribution in [0.2, 0.25) is 0 Å². The number of halogens is 3. The topological polar surface area (TPSA) is 97.0 Å². The van der Waals surface area contributed by atoms with Gasteiger partial charge in [0.1, 0.15) is 0 Å². The molecule has 1 aliphatic rings. The number of nitriles is 2. The van der Waals surface area contributed by atoms with Crippen LogP contribution in [-0.2, 0) is 17.0 Å². The van der Waals surface area contributed by atoms with Gasteiger partial charge in [0, 0.05) is 16.8 Å². The third-order valence-corrected chi connectivity index (χ3v) is 5.77. The Labute approximate surface area is 178 Å². The maximum absolute atomic E-state index is 13.1. The van der Waals surface area contributed by atoms with E-state index in [1.165, 1.54) is 43.5 Å². The SMILES string of the molecule is CC1=C(C#N)[C@@H](c2ccc(C#N)cc2[S@](C)=O)NC(=O)N1c1cccc(C(F)(F)F)c1. The lowest BCUT2D eigenvalue weighted by Crippen LogP contribution is -2.46. The molecule has 1 aliphatic heterocycles. The van der Waals surface area contributed by atoms with E-state index in [0.29, 0.717) is 5.56 Å². The van der Waals surface area contributed by atoms with Gasteiger partial charge in [0.15, 0.2) is 0 Å². The summed E-state index contributed by atoms with van der Waals surface area (Å²) in [6.45, 7) is 1.46. The predicted octanol–water partition coefficient (Wildman–Crippen LogP) is 4.38. The van der Waals surface area contributed by atoms with Crippen LogP contribution < -0.4 is 10.2 Å². The van der Waals surface area contributed by atoms with Crippen LogP contribution in [0, 0.1) is 22.7 Å². The second-order valence-electron chi connectivity index (χ2n) is 6.70. The second kappa shape index (κ2) is 8.25. The average molecular weight is 444 g/mol. The minimum Gasteiger partial charge on any atom is -0.326 e. The number of anilines is 1. The smallest absolute Gasteiger partial charge is 0.326 e. The van der Waals surface area contributed by atoms with E-state index in [4.69, 9.17) is 5.26 Å². The number of urea groups is 1. The van der Waals surface area contributed by atoms with Crippen molar-refractivity contribution in [3.05, 3.63) is 70.4 Å². The number of carbonyl (C=O) groups excluding carboxylic acids is 1. The van der Waals surface area contributed by atoms with E-state index < -0.39 is 34.6 Å². The van der Waals surface area contributed by atoms with Gasteiger partial charge < -0.3 is 5.32 Å². The lowest BCUT2D eigenvalue weighted by molar-refractivity contribution is -0.137. The molecule has 0 unspecified atom stereocenters. The molecule has 0 saturated heterocycles. The molecule has 2 aromatic carbocycles. The third kappa shape index (κ3) is 4.16. The molecule has 31 heavy (non-hydrogen) atoms. The molecule has 0 spiro atoms. The summed E-state index contributed by atoms with van der Waals surface area (Å²) >= 11 is 0. The standard InChI is InChI=1S/C21H15F3N4O2S/c1-12-17(11-26)19(16-7-6-13(10-25)8-18(16)31(2)30)27-20(29)28(12)15-5-3-4-14(9-15)21(22,23)24/h3-9,19H,1-2H3,(H,27,29)/t19-,31+/m1/s1. The van der Waals surface area contributed by atoms with Crippen LogP contribution >= 0.6 is 0 Å². The van der Waals surface area contributed by atoms with E-state index in [1.807, 2.05) is 12.1 Å². The first kappa shape index (κ1) is 22.1. The molecule has 0 radical (unpaired) electrons. The van der Waals surface area contributed by atoms with Crippen molar-refractivity contribution in [1.29, 1.82) is 10.5 Å². The van der Waals surface area contributed by atoms with E-state index in [2.05, 4.69) is 5.32 Å². The second-order valence-corrected chi connectivity index (χ2v) is 8.04. The number of hydrogen-bond donors (Lipinski definition) is 1. The van der Waals surface area contributed by atoms with E-state index >= 15 is 0 Å². The molecule has 6 nitrogen and oxygen atoms in total. The van der Waals surface area contributed by atoms with Crippen LogP contribution in [0.4, 0.5) is 23.7 Å². The molecular formula is C21H15F3N4O2S. The van der Waals surface area contributed by atoms with Crippen molar-refractivity contribution in [1.82, 2.24) is 5.32 Å². The first-order valence-corrected chi connectivity index (χ1v) is 10.4. The zero-order chi connectivity index (χ0) is 22.9. The van der Waals surface area contributed by atoms with Crippen LogP contribution in [0.25, 0.3) is 0 Å². The van der Waals surface area contributed by atoms with E-state index in [9.17, 15) is 27.4 Å². The molecule has 158 valence electrons. The van der Waals surface area contributed by atoms with Crippen LogP contribution in [0.15, 0.2) is 58.6 Å². The number of hydrogen-bond acceptors (Lipinski definition) is 4. The average Bonchev–Trinajstić information content (AvgIpc) is 2.72. The molecule has 2 atom stereocenters. The van der Waals surface area contributed by atoms with Gasteiger partial charge in [-0.15, -0.1) is 0 Å². The molecule has 1 heterocycles. The van der Waals surface area contributed by atoms with Gasteiger partial charge in [0.25, 0.3) is 0 Å². The van der Waals surface area contributed by atoms with Gasteiger partial charge in [-0.1, -0.05) is 12.1 Å². The number of amides is 2. The molecule has 1 N–H and O–H groups in total. The molecule has 2 aromatic rings. The highest BCUT2D eigenvalue weighted by Gasteiger charge is 2.36. The first-order chi connectivity index (χ1) is 14.6. The fourth-order valence-electron chi connectivity index (χ4n) is 3.34. The van der Waals surface area contributed by atoms with Crippen LogP contribution in [-0.4, -0.2) is 16.5 Å². The molecule has 0 aromatic heterocycles. The zero-order valence-electron chi connectivity index (χ0n) is 16.3. The van der Waals surface area contributed by atoms with E-state index in [0.717, 1.165) is 17.0 Å². The summed E-state index contributed by atoms with van der Waals surface area (Å²) in [7, 11) is -1.52. The van der Waals surface area contributed by atoms with Gasteiger partial charge in [-0.2, -0.15) is 23.7 Å². The number of benzene rings is 2. The first-order valence-electron chi connectivity index (χ1n) is 8.84. The lowest BCUT2D eigenvalue weighted by Gasteiger charge is -2.34. The summed E-state index contributed by atoms with van der Waals surface area (Å²) < 4.78 is 51.5. The Balaban J connectivity index is 2.15. The summed E-state index contributed by atoms with van der Waals surface area (Å²) in [5, 5.41) is 21.5. The van der Waals surface area contributed by atoms with Crippen molar-refractivity contribution in [3.63, 3.8) is 0 Å². The van der Waals surface area contributed by atoms with Crippen molar-refractivity contribution in [2.75, 3.05) is 11.2 Å². The van der Waals surface area contributed by atoms with Crippen molar-refractivity contribution in [3.8, 4) is 12.1 Å². The highest BCUT2D eigenvalue weighted by Crippen LogP contribution is 2.37. The van der Waals surface area contributed by atoms with Gasteiger partial charge in [0.05, 0.1) is 51.4 Å². The predicted molar refractivity (Wildman–Crippen MR) is 107 cm³/mol. The number of allylic oxidation sites excluding steroid dienone is 1. The molecule has 0 fully saturated rings. The van der Waals surface area contributed by atoms with Gasteiger partial charge in [-0.3, -0.25) is 9.11 Å².